The molecular weight excluding hydrogens is 188 g/mol. The molecule has 0 amide bonds. The molecule has 0 radical (unpaired) electrons. The van der Waals surface area contributed by atoms with Crippen LogP contribution in [0.1, 0.15) is 38.2 Å². The number of anilines is 1. The van der Waals surface area contributed by atoms with Crippen LogP contribution in [0.5, 0.6) is 5.75 Å². The summed E-state index contributed by atoms with van der Waals surface area (Å²) < 4.78 is 5.77. The largest absolute Gasteiger partial charge is 0.487 e. The van der Waals surface area contributed by atoms with Crippen LogP contribution in [0.4, 0.5) is 5.82 Å². The van der Waals surface area contributed by atoms with E-state index < -0.39 is 0 Å². The van der Waals surface area contributed by atoms with Crippen molar-refractivity contribution in [1.29, 1.82) is 0 Å². The van der Waals surface area contributed by atoms with Gasteiger partial charge in [0.2, 0.25) is 0 Å². The molecule has 1 aliphatic carbocycles. The summed E-state index contributed by atoms with van der Waals surface area (Å²) in [7, 11) is 0. The minimum absolute atomic E-state index is 0.222. The standard InChI is InChI=1S/C12H16N2O/c1-8(2)9-5-10-11(13-6-9)14-12(3-4-12)7-15-10/h5-6,8H,3-4,7H2,1-2H3,(H,13,14). The molecule has 1 saturated carbocycles. The lowest BCUT2D eigenvalue weighted by atomic mass is 10.1. The smallest absolute Gasteiger partial charge is 0.169 e. The van der Waals surface area contributed by atoms with Crippen LogP contribution in [0.15, 0.2) is 12.3 Å². The number of aromatic nitrogens is 1. The Morgan fingerprint density at radius 1 is 1.47 bits per heavy atom. The first kappa shape index (κ1) is 9.01. The second-order valence-corrected chi connectivity index (χ2v) is 4.96. The number of pyridine rings is 1. The molecule has 0 bridgehead atoms. The molecule has 80 valence electrons. The Morgan fingerprint density at radius 3 is 2.93 bits per heavy atom. The van der Waals surface area contributed by atoms with E-state index in [4.69, 9.17) is 4.74 Å². The van der Waals surface area contributed by atoms with Crippen LogP contribution < -0.4 is 10.1 Å². The summed E-state index contributed by atoms with van der Waals surface area (Å²) in [5.41, 5.74) is 1.46. The molecule has 0 atom stereocenters. The second kappa shape index (κ2) is 2.87. The van der Waals surface area contributed by atoms with Gasteiger partial charge in [0.25, 0.3) is 0 Å². The first-order valence-corrected chi connectivity index (χ1v) is 5.59. The van der Waals surface area contributed by atoms with Gasteiger partial charge in [-0.1, -0.05) is 13.8 Å². The van der Waals surface area contributed by atoms with Gasteiger partial charge in [-0.05, 0) is 30.4 Å². The molecule has 1 fully saturated rings. The van der Waals surface area contributed by atoms with Crippen LogP contribution in [0.2, 0.25) is 0 Å². The zero-order valence-electron chi connectivity index (χ0n) is 9.21. The van der Waals surface area contributed by atoms with Crippen molar-refractivity contribution in [3.05, 3.63) is 17.8 Å². The van der Waals surface area contributed by atoms with Crippen molar-refractivity contribution >= 4 is 5.82 Å². The lowest BCUT2D eigenvalue weighted by Crippen LogP contribution is -2.33. The summed E-state index contributed by atoms with van der Waals surface area (Å²) in [6, 6.07) is 2.11. The molecule has 3 heteroatoms. The summed E-state index contributed by atoms with van der Waals surface area (Å²) in [6.45, 7) is 5.13. The molecule has 2 aliphatic rings. The van der Waals surface area contributed by atoms with E-state index in [2.05, 4.69) is 30.2 Å². The Balaban J connectivity index is 1.93. The van der Waals surface area contributed by atoms with Crippen molar-refractivity contribution in [1.82, 2.24) is 4.98 Å². The highest BCUT2D eigenvalue weighted by Crippen LogP contribution is 2.44. The Morgan fingerprint density at radius 2 is 2.27 bits per heavy atom. The number of ether oxygens (including phenoxy) is 1. The van der Waals surface area contributed by atoms with Gasteiger partial charge in [-0.25, -0.2) is 4.98 Å². The number of fused-ring (bicyclic) bond motifs is 1. The van der Waals surface area contributed by atoms with Crippen molar-refractivity contribution in [2.75, 3.05) is 11.9 Å². The summed E-state index contributed by atoms with van der Waals surface area (Å²) in [6.07, 6.45) is 4.36. The first-order valence-electron chi connectivity index (χ1n) is 5.59. The first-order chi connectivity index (χ1) is 7.19. The molecule has 1 spiro atoms. The predicted octanol–water partition coefficient (Wildman–Crippen LogP) is 2.54. The summed E-state index contributed by atoms with van der Waals surface area (Å²) in [5.74, 6) is 2.34. The average Bonchev–Trinajstić information content (AvgIpc) is 2.97. The van der Waals surface area contributed by atoms with Gasteiger partial charge in [0.05, 0.1) is 5.54 Å². The maximum atomic E-state index is 5.77. The van der Waals surface area contributed by atoms with Crippen LogP contribution in [0.25, 0.3) is 0 Å². The van der Waals surface area contributed by atoms with Gasteiger partial charge >= 0.3 is 0 Å². The minimum atomic E-state index is 0.222. The van der Waals surface area contributed by atoms with Gasteiger partial charge in [0, 0.05) is 6.20 Å². The summed E-state index contributed by atoms with van der Waals surface area (Å²) in [4.78, 5) is 4.44. The molecule has 15 heavy (non-hydrogen) atoms. The van der Waals surface area contributed by atoms with Crippen LogP contribution in [-0.2, 0) is 0 Å². The lowest BCUT2D eigenvalue weighted by molar-refractivity contribution is 0.273. The normalized spacial score (nSPS) is 20.7. The fraction of sp³-hybridized carbons (Fsp3) is 0.583. The van der Waals surface area contributed by atoms with Crippen LogP contribution in [0, 0.1) is 0 Å². The molecule has 1 N–H and O–H groups in total. The highest BCUT2D eigenvalue weighted by atomic mass is 16.5. The number of rotatable bonds is 1. The molecule has 3 nitrogen and oxygen atoms in total. The zero-order valence-corrected chi connectivity index (χ0v) is 9.21. The molecular formula is C12H16N2O. The topological polar surface area (TPSA) is 34.1 Å². The SMILES string of the molecule is CC(C)c1cnc2c(c1)OCC1(CC1)N2. The van der Waals surface area contributed by atoms with Crippen LogP contribution >= 0.6 is 0 Å². The van der Waals surface area contributed by atoms with E-state index in [1.165, 1.54) is 18.4 Å². The molecule has 1 aromatic heterocycles. The maximum Gasteiger partial charge on any atom is 0.169 e. The Kier molecular flexibility index (Phi) is 1.73. The summed E-state index contributed by atoms with van der Waals surface area (Å²) >= 11 is 0. The van der Waals surface area contributed by atoms with Crippen LogP contribution in [0.3, 0.4) is 0 Å². The van der Waals surface area contributed by atoms with Crippen molar-refractivity contribution < 1.29 is 4.74 Å². The van der Waals surface area contributed by atoms with Crippen molar-refractivity contribution in [2.24, 2.45) is 0 Å². The van der Waals surface area contributed by atoms with E-state index in [1.54, 1.807) is 0 Å². The van der Waals surface area contributed by atoms with E-state index >= 15 is 0 Å². The molecule has 0 saturated heterocycles. The fourth-order valence-corrected chi connectivity index (χ4v) is 1.90. The molecule has 1 aromatic rings. The highest BCUT2D eigenvalue weighted by molar-refractivity contribution is 5.56. The van der Waals surface area contributed by atoms with E-state index in [9.17, 15) is 0 Å². The number of nitrogens with one attached hydrogen (secondary N) is 1. The lowest BCUT2D eigenvalue weighted by Gasteiger charge is -2.26. The van der Waals surface area contributed by atoms with E-state index in [-0.39, 0.29) is 5.54 Å². The van der Waals surface area contributed by atoms with Crippen molar-refractivity contribution in [3.8, 4) is 5.75 Å². The fourth-order valence-electron chi connectivity index (χ4n) is 1.90. The number of nitrogens with zero attached hydrogens (tertiary/aromatic N) is 1. The monoisotopic (exact) mass is 204 g/mol. The molecule has 2 heterocycles. The molecule has 3 rings (SSSR count). The van der Waals surface area contributed by atoms with Gasteiger partial charge < -0.3 is 10.1 Å². The Bertz CT molecular complexity index is 397. The zero-order chi connectivity index (χ0) is 10.5. The van der Waals surface area contributed by atoms with E-state index in [0.29, 0.717) is 5.92 Å². The minimum Gasteiger partial charge on any atom is -0.487 e. The Labute approximate surface area is 89.9 Å². The second-order valence-electron chi connectivity index (χ2n) is 4.96. The third-order valence-electron chi connectivity index (χ3n) is 3.28. The van der Waals surface area contributed by atoms with Gasteiger partial charge in [-0.2, -0.15) is 0 Å². The van der Waals surface area contributed by atoms with E-state index in [1.807, 2.05) is 6.20 Å². The number of hydrogen-bond donors (Lipinski definition) is 1. The Hall–Kier alpha value is -1.25. The van der Waals surface area contributed by atoms with Gasteiger partial charge in [-0.3, -0.25) is 0 Å². The van der Waals surface area contributed by atoms with Gasteiger partial charge in [-0.15, -0.1) is 0 Å². The third kappa shape index (κ3) is 1.46. The molecule has 0 aromatic carbocycles. The highest BCUT2D eigenvalue weighted by Gasteiger charge is 2.46. The molecule has 1 aliphatic heterocycles. The third-order valence-corrected chi connectivity index (χ3v) is 3.28. The predicted molar refractivity (Wildman–Crippen MR) is 59.4 cm³/mol. The molecule has 0 unspecified atom stereocenters. The van der Waals surface area contributed by atoms with Crippen LogP contribution in [-0.4, -0.2) is 17.1 Å². The quantitative estimate of drug-likeness (QED) is 0.763. The summed E-state index contributed by atoms with van der Waals surface area (Å²) in [5, 5.41) is 3.48. The number of hydrogen-bond acceptors (Lipinski definition) is 3. The van der Waals surface area contributed by atoms with Crippen molar-refractivity contribution in [3.63, 3.8) is 0 Å². The van der Waals surface area contributed by atoms with Crippen molar-refractivity contribution in [2.45, 2.75) is 38.1 Å². The average molecular weight is 204 g/mol. The van der Waals surface area contributed by atoms with Gasteiger partial charge in [0.1, 0.15) is 6.61 Å². The van der Waals surface area contributed by atoms with Gasteiger partial charge in [0.15, 0.2) is 11.6 Å². The maximum absolute atomic E-state index is 5.77. The van der Waals surface area contributed by atoms with E-state index in [0.717, 1.165) is 18.2 Å².